The van der Waals surface area contributed by atoms with Gasteiger partial charge in [-0.3, -0.25) is 0 Å². The van der Waals surface area contributed by atoms with E-state index in [1.807, 2.05) is 37.3 Å². The predicted molar refractivity (Wildman–Crippen MR) is 69.0 cm³/mol. The molecule has 2 heterocycles. The molecule has 1 aromatic carbocycles. The molecule has 92 valence electrons. The van der Waals surface area contributed by atoms with Crippen molar-refractivity contribution in [2.45, 2.75) is 6.92 Å². The summed E-state index contributed by atoms with van der Waals surface area (Å²) in [4.78, 5) is 7.22. The van der Waals surface area contributed by atoms with Gasteiger partial charge in [0.05, 0.1) is 0 Å². The molecular weight excluding hydrogens is 240 g/mol. The third-order valence-electron chi connectivity index (χ3n) is 2.74. The highest BCUT2D eigenvalue weighted by Crippen LogP contribution is 2.22. The molecule has 0 aliphatic rings. The fourth-order valence-electron chi connectivity index (χ4n) is 1.82. The molecule has 0 saturated heterocycles. The highest BCUT2D eigenvalue weighted by atomic mass is 16.5. The molecule has 0 radical (unpaired) electrons. The van der Waals surface area contributed by atoms with Gasteiger partial charge in [0, 0.05) is 5.56 Å². The monoisotopic (exact) mass is 250 g/mol. The standard InChI is InChI=1S/C14H10N4O/c1-9-3-2-4-10(7-9)13-17-14(19-18-13)12-6-5-11(8-15)16-12/h2-7,16H,1H3. The van der Waals surface area contributed by atoms with Gasteiger partial charge in [-0.2, -0.15) is 10.2 Å². The molecule has 3 rings (SSSR count). The number of nitriles is 1. The molecular formula is C14H10N4O. The van der Waals surface area contributed by atoms with Crippen molar-refractivity contribution < 1.29 is 4.52 Å². The lowest BCUT2D eigenvalue weighted by molar-refractivity contribution is 0.431. The number of H-pyrrole nitrogens is 1. The molecule has 2 aromatic heterocycles. The fourth-order valence-corrected chi connectivity index (χ4v) is 1.82. The molecule has 0 unspecified atom stereocenters. The van der Waals surface area contributed by atoms with Gasteiger partial charge in [0.25, 0.3) is 5.89 Å². The largest absolute Gasteiger partial charge is 0.342 e. The molecule has 0 aliphatic heterocycles. The van der Waals surface area contributed by atoms with Gasteiger partial charge >= 0.3 is 0 Å². The Morgan fingerprint density at radius 2 is 2.16 bits per heavy atom. The summed E-state index contributed by atoms with van der Waals surface area (Å²) < 4.78 is 5.20. The van der Waals surface area contributed by atoms with E-state index in [1.54, 1.807) is 12.1 Å². The van der Waals surface area contributed by atoms with Crippen molar-refractivity contribution in [3.8, 4) is 29.0 Å². The molecule has 0 fully saturated rings. The van der Waals surface area contributed by atoms with Gasteiger partial charge < -0.3 is 9.51 Å². The first kappa shape index (κ1) is 11.2. The van der Waals surface area contributed by atoms with E-state index < -0.39 is 0 Å². The van der Waals surface area contributed by atoms with Crippen LogP contribution in [0.25, 0.3) is 23.0 Å². The summed E-state index contributed by atoms with van der Waals surface area (Å²) >= 11 is 0. The molecule has 3 aromatic rings. The Labute approximate surface area is 109 Å². The molecule has 0 amide bonds. The van der Waals surface area contributed by atoms with Crippen LogP contribution < -0.4 is 0 Å². The van der Waals surface area contributed by atoms with E-state index in [0.717, 1.165) is 11.1 Å². The fraction of sp³-hybridized carbons (Fsp3) is 0.0714. The van der Waals surface area contributed by atoms with E-state index in [1.165, 1.54) is 0 Å². The zero-order valence-corrected chi connectivity index (χ0v) is 10.2. The van der Waals surface area contributed by atoms with E-state index >= 15 is 0 Å². The topological polar surface area (TPSA) is 78.5 Å². The first-order valence-corrected chi connectivity index (χ1v) is 5.76. The molecule has 1 N–H and O–H groups in total. The minimum atomic E-state index is 0.373. The van der Waals surface area contributed by atoms with Crippen molar-refractivity contribution in [1.82, 2.24) is 15.1 Å². The molecule has 5 nitrogen and oxygen atoms in total. The van der Waals surface area contributed by atoms with Crippen molar-refractivity contribution in [3.63, 3.8) is 0 Å². The van der Waals surface area contributed by atoms with E-state index in [4.69, 9.17) is 9.78 Å². The highest BCUT2D eigenvalue weighted by Gasteiger charge is 2.12. The molecule has 0 bridgehead atoms. The zero-order valence-electron chi connectivity index (χ0n) is 10.2. The highest BCUT2D eigenvalue weighted by molar-refractivity contribution is 5.59. The predicted octanol–water partition coefficient (Wildman–Crippen LogP) is 2.91. The first-order chi connectivity index (χ1) is 9.26. The summed E-state index contributed by atoms with van der Waals surface area (Å²) in [6.07, 6.45) is 0. The number of aryl methyl sites for hydroxylation is 1. The minimum Gasteiger partial charge on any atom is -0.342 e. The maximum absolute atomic E-state index is 8.76. The maximum atomic E-state index is 8.76. The average molecular weight is 250 g/mol. The van der Waals surface area contributed by atoms with Crippen molar-refractivity contribution in [3.05, 3.63) is 47.7 Å². The van der Waals surface area contributed by atoms with Gasteiger partial charge in [0.2, 0.25) is 5.82 Å². The number of aromatic amines is 1. The van der Waals surface area contributed by atoms with Crippen LogP contribution in [-0.4, -0.2) is 15.1 Å². The van der Waals surface area contributed by atoms with E-state index in [0.29, 0.717) is 23.1 Å². The quantitative estimate of drug-likeness (QED) is 0.758. The number of aromatic nitrogens is 3. The van der Waals surface area contributed by atoms with Crippen LogP contribution >= 0.6 is 0 Å². The number of hydrogen-bond donors (Lipinski definition) is 1. The lowest BCUT2D eigenvalue weighted by Gasteiger charge is -1.94. The first-order valence-electron chi connectivity index (χ1n) is 5.76. The van der Waals surface area contributed by atoms with Crippen LogP contribution in [0.2, 0.25) is 0 Å². The Balaban J connectivity index is 1.97. The summed E-state index contributed by atoms with van der Waals surface area (Å²) in [6.45, 7) is 2.01. The Kier molecular flexibility index (Phi) is 2.62. The average Bonchev–Trinajstić information content (AvgIpc) is 3.07. The van der Waals surface area contributed by atoms with Crippen molar-refractivity contribution in [2.24, 2.45) is 0 Å². The normalized spacial score (nSPS) is 10.3. The molecule has 0 spiro atoms. The van der Waals surface area contributed by atoms with Crippen LogP contribution in [0, 0.1) is 18.3 Å². The van der Waals surface area contributed by atoms with Gasteiger partial charge in [-0.15, -0.1) is 0 Å². The summed E-state index contributed by atoms with van der Waals surface area (Å²) in [7, 11) is 0. The lowest BCUT2D eigenvalue weighted by atomic mass is 10.1. The maximum Gasteiger partial charge on any atom is 0.274 e. The second-order valence-electron chi connectivity index (χ2n) is 4.19. The number of rotatable bonds is 2. The lowest BCUT2D eigenvalue weighted by Crippen LogP contribution is -1.82. The molecule has 19 heavy (non-hydrogen) atoms. The molecule has 0 saturated carbocycles. The Morgan fingerprint density at radius 1 is 1.26 bits per heavy atom. The van der Waals surface area contributed by atoms with Crippen LogP contribution in [0.4, 0.5) is 0 Å². The molecule has 0 atom stereocenters. The van der Waals surface area contributed by atoms with Crippen LogP contribution in [0.5, 0.6) is 0 Å². The number of hydrogen-bond acceptors (Lipinski definition) is 4. The molecule has 5 heteroatoms. The van der Waals surface area contributed by atoms with E-state index in [2.05, 4.69) is 15.1 Å². The number of benzene rings is 1. The minimum absolute atomic E-state index is 0.373. The van der Waals surface area contributed by atoms with Crippen LogP contribution in [-0.2, 0) is 0 Å². The summed E-state index contributed by atoms with van der Waals surface area (Å²) in [6, 6.07) is 13.3. The van der Waals surface area contributed by atoms with Crippen LogP contribution in [0.1, 0.15) is 11.3 Å². The van der Waals surface area contributed by atoms with Gasteiger partial charge in [0.15, 0.2) is 0 Å². The Bertz CT molecular complexity index is 764. The molecule has 0 aliphatic carbocycles. The van der Waals surface area contributed by atoms with E-state index in [-0.39, 0.29) is 0 Å². The van der Waals surface area contributed by atoms with Crippen LogP contribution in [0.3, 0.4) is 0 Å². The summed E-state index contributed by atoms with van der Waals surface area (Å²) in [5, 5.41) is 12.7. The Hall–Kier alpha value is -2.87. The summed E-state index contributed by atoms with van der Waals surface area (Å²) in [5.41, 5.74) is 3.14. The Morgan fingerprint density at radius 3 is 2.89 bits per heavy atom. The van der Waals surface area contributed by atoms with Gasteiger partial charge in [-0.05, 0) is 25.1 Å². The SMILES string of the molecule is Cc1cccc(-c2noc(-c3ccc(C#N)[nH]3)n2)c1. The smallest absolute Gasteiger partial charge is 0.274 e. The van der Waals surface area contributed by atoms with E-state index in [9.17, 15) is 0 Å². The number of nitrogens with zero attached hydrogens (tertiary/aromatic N) is 3. The zero-order chi connectivity index (χ0) is 13.2. The van der Waals surface area contributed by atoms with Crippen molar-refractivity contribution in [2.75, 3.05) is 0 Å². The van der Waals surface area contributed by atoms with Gasteiger partial charge in [-0.1, -0.05) is 28.9 Å². The summed E-state index contributed by atoms with van der Waals surface area (Å²) in [5.74, 6) is 0.907. The third-order valence-corrected chi connectivity index (χ3v) is 2.74. The van der Waals surface area contributed by atoms with Crippen molar-refractivity contribution in [1.29, 1.82) is 5.26 Å². The van der Waals surface area contributed by atoms with Gasteiger partial charge in [-0.25, -0.2) is 0 Å². The number of nitrogens with one attached hydrogen (secondary N) is 1. The van der Waals surface area contributed by atoms with Crippen LogP contribution in [0.15, 0.2) is 40.9 Å². The second kappa shape index (κ2) is 4.42. The van der Waals surface area contributed by atoms with Crippen molar-refractivity contribution >= 4 is 0 Å². The third kappa shape index (κ3) is 2.11. The van der Waals surface area contributed by atoms with Gasteiger partial charge in [0.1, 0.15) is 17.5 Å². The second-order valence-corrected chi connectivity index (χ2v) is 4.19.